The van der Waals surface area contributed by atoms with Gasteiger partial charge in [0.25, 0.3) is 0 Å². The van der Waals surface area contributed by atoms with Gasteiger partial charge in [0.2, 0.25) is 5.28 Å². The zero-order valence-electron chi connectivity index (χ0n) is 12.8. The largest absolute Gasteiger partial charge is 0.497 e. The molecule has 0 spiro atoms. The van der Waals surface area contributed by atoms with Crippen molar-refractivity contribution >= 4 is 17.1 Å². The molecule has 4 aromatic rings. The van der Waals surface area contributed by atoms with Crippen LogP contribution in [0.2, 0.25) is 5.28 Å². The van der Waals surface area contributed by atoms with E-state index >= 15 is 0 Å². The molecule has 0 bridgehead atoms. The van der Waals surface area contributed by atoms with Gasteiger partial charge in [-0.05, 0) is 54.1 Å². The molecule has 118 valence electrons. The van der Waals surface area contributed by atoms with E-state index in [9.17, 15) is 0 Å². The quantitative estimate of drug-likeness (QED) is 0.528. The Bertz CT molecular complexity index is 1010. The maximum Gasteiger partial charge on any atom is 0.222 e. The minimum absolute atomic E-state index is 0.212. The summed E-state index contributed by atoms with van der Waals surface area (Å²) < 4.78 is 7.07. The molecule has 0 saturated heterocycles. The number of hydrogen-bond donors (Lipinski definition) is 0. The first-order valence-corrected chi connectivity index (χ1v) is 7.75. The lowest BCUT2D eigenvalue weighted by atomic mass is 10.0. The summed E-state index contributed by atoms with van der Waals surface area (Å²) in [6.45, 7) is 0. The first kappa shape index (κ1) is 14.7. The molecule has 0 saturated carbocycles. The van der Waals surface area contributed by atoms with Gasteiger partial charge in [-0.3, -0.25) is 0 Å². The van der Waals surface area contributed by atoms with E-state index in [1.807, 2.05) is 59.2 Å². The molecule has 0 aliphatic heterocycles. The molecule has 0 aliphatic carbocycles. The lowest BCUT2D eigenvalue weighted by Crippen LogP contribution is -1.89. The summed E-state index contributed by atoms with van der Waals surface area (Å²) in [5, 5.41) is 4.93. The van der Waals surface area contributed by atoms with Gasteiger partial charge < -0.3 is 4.74 Å². The Balaban J connectivity index is 1.99. The van der Waals surface area contributed by atoms with Crippen molar-refractivity contribution in [2.75, 3.05) is 7.11 Å². The molecule has 6 heteroatoms. The second-order valence-corrected chi connectivity index (χ2v) is 5.53. The van der Waals surface area contributed by atoms with Crippen molar-refractivity contribution in [3.8, 4) is 28.3 Å². The van der Waals surface area contributed by atoms with Gasteiger partial charge in [-0.1, -0.05) is 6.07 Å². The fraction of sp³-hybridized carbons (Fsp3) is 0.0556. The first-order chi connectivity index (χ1) is 11.8. The van der Waals surface area contributed by atoms with Crippen molar-refractivity contribution in [1.82, 2.24) is 19.6 Å². The molecule has 0 radical (unpaired) electrons. The topological polar surface area (TPSA) is 52.3 Å². The Hall–Kier alpha value is -2.92. The number of rotatable bonds is 3. The van der Waals surface area contributed by atoms with Crippen LogP contribution in [0, 0.1) is 0 Å². The molecule has 4 rings (SSSR count). The number of pyridine rings is 1. The van der Waals surface area contributed by atoms with E-state index < -0.39 is 0 Å². The molecule has 0 aliphatic rings. The zero-order chi connectivity index (χ0) is 16.5. The summed E-state index contributed by atoms with van der Waals surface area (Å²) in [6, 6.07) is 15.5. The van der Waals surface area contributed by atoms with E-state index in [-0.39, 0.29) is 5.28 Å². The molecule has 0 fully saturated rings. The number of hydrogen-bond acceptors (Lipinski definition) is 4. The van der Waals surface area contributed by atoms with Crippen LogP contribution in [0.4, 0.5) is 0 Å². The van der Waals surface area contributed by atoms with Crippen molar-refractivity contribution < 1.29 is 4.74 Å². The van der Waals surface area contributed by atoms with Gasteiger partial charge in [-0.2, -0.15) is 5.10 Å². The molecule has 0 N–H and O–H groups in total. The van der Waals surface area contributed by atoms with Crippen molar-refractivity contribution in [1.29, 1.82) is 0 Å². The van der Waals surface area contributed by atoms with Gasteiger partial charge in [0.1, 0.15) is 11.4 Å². The zero-order valence-corrected chi connectivity index (χ0v) is 13.6. The highest BCUT2D eigenvalue weighted by atomic mass is 35.5. The Labute approximate surface area is 143 Å². The van der Waals surface area contributed by atoms with Crippen molar-refractivity contribution in [2.45, 2.75) is 0 Å². The number of methoxy groups -OCH3 is 1. The molecule has 1 aromatic carbocycles. The van der Waals surface area contributed by atoms with E-state index in [1.54, 1.807) is 13.3 Å². The van der Waals surface area contributed by atoms with Gasteiger partial charge in [-0.15, -0.1) is 0 Å². The number of aromatic nitrogens is 4. The smallest absolute Gasteiger partial charge is 0.222 e. The van der Waals surface area contributed by atoms with Crippen LogP contribution in [-0.2, 0) is 0 Å². The molecular weight excluding hydrogens is 324 g/mol. The highest BCUT2D eigenvalue weighted by Crippen LogP contribution is 2.34. The van der Waals surface area contributed by atoms with Crippen LogP contribution in [0.15, 0.2) is 60.9 Å². The number of ether oxygens (including phenoxy) is 1. The Morgan fingerprint density at radius 2 is 1.88 bits per heavy atom. The van der Waals surface area contributed by atoms with Crippen LogP contribution in [0.5, 0.6) is 5.75 Å². The van der Waals surface area contributed by atoms with Gasteiger partial charge in [0, 0.05) is 18.0 Å². The van der Waals surface area contributed by atoms with Crippen LogP contribution in [0.1, 0.15) is 0 Å². The van der Waals surface area contributed by atoms with Crippen molar-refractivity contribution in [3.05, 3.63) is 66.2 Å². The van der Waals surface area contributed by atoms with Gasteiger partial charge in [-0.25, -0.2) is 14.5 Å². The van der Waals surface area contributed by atoms with Crippen LogP contribution >= 0.6 is 11.6 Å². The minimum atomic E-state index is 0.212. The summed E-state index contributed by atoms with van der Waals surface area (Å²) in [4.78, 5) is 8.33. The minimum Gasteiger partial charge on any atom is -0.497 e. The van der Waals surface area contributed by atoms with Crippen LogP contribution in [-0.4, -0.2) is 26.7 Å². The second kappa shape index (κ2) is 5.94. The highest BCUT2D eigenvalue weighted by Gasteiger charge is 2.17. The van der Waals surface area contributed by atoms with E-state index in [2.05, 4.69) is 9.97 Å². The summed E-state index contributed by atoms with van der Waals surface area (Å²) in [7, 11) is 1.65. The van der Waals surface area contributed by atoms with Gasteiger partial charge in [0.05, 0.1) is 23.9 Å². The predicted octanol–water partition coefficient (Wildman–Crippen LogP) is 4.12. The molecule has 24 heavy (non-hydrogen) atoms. The lowest BCUT2D eigenvalue weighted by molar-refractivity contribution is 0.415. The van der Waals surface area contributed by atoms with E-state index in [4.69, 9.17) is 21.4 Å². The Morgan fingerprint density at radius 1 is 1.04 bits per heavy atom. The third-order valence-corrected chi connectivity index (χ3v) is 3.97. The summed E-state index contributed by atoms with van der Waals surface area (Å²) in [5.74, 6) is 0.800. The molecule has 5 nitrogen and oxygen atoms in total. The average molecular weight is 337 g/mol. The standard InChI is InChI=1S/C18H13ClN4O/c1-24-13-7-5-12(6-8-13)17-16(14-9-10-20-18(19)21-14)15-4-2-3-11-23(15)22-17/h2-11H,1H3. The maximum absolute atomic E-state index is 5.98. The normalized spacial score (nSPS) is 10.9. The summed E-state index contributed by atoms with van der Waals surface area (Å²) in [5.41, 5.74) is 4.42. The van der Waals surface area contributed by atoms with Gasteiger partial charge >= 0.3 is 0 Å². The molecular formula is C18H13ClN4O. The summed E-state index contributed by atoms with van der Waals surface area (Å²) >= 11 is 5.98. The number of benzene rings is 1. The summed E-state index contributed by atoms with van der Waals surface area (Å²) in [6.07, 6.45) is 3.56. The Morgan fingerprint density at radius 3 is 2.62 bits per heavy atom. The average Bonchev–Trinajstić information content (AvgIpc) is 3.01. The fourth-order valence-corrected chi connectivity index (χ4v) is 2.82. The van der Waals surface area contributed by atoms with E-state index in [1.165, 1.54) is 0 Å². The fourth-order valence-electron chi connectivity index (χ4n) is 2.68. The second-order valence-electron chi connectivity index (χ2n) is 5.19. The number of halogens is 1. The van der Waals surface area contributed by atoms with Crippen LogP contribution < -0.4 is 4.74 Å². The molecule has 0 atom stereocenters. The van der Waals surface area contributed by atoms with Crippen LogP contribution in [0.3, 0.4) is 0 Å². The number of nitrogens with zero attached hydrogens (tertiary/aromatic N) is 4. The maximum atomic E-state index is 5.98. The monoisotopic (exact) mass is 336 g/mol. The SMILES string of the molecule is COc1ccc(-c2nn3ccccc3c2-c2ccnc(Cl)n2)cc1. The molecule has 0 unspecified atom stereocenters. The third-order valence-electron chi connectivity index (χ3n) is 3.79. The lowest BCUT2D eigenvalue weighted by Gasteiger charge is -2.04. The Kier molecular flexibility index (Phi) is 3.63. The van der Waals surface area contributed by atoms with Crippen molar-refractivity contribution in [3.63, 3.8) is 0 Å². The van der Waals surface area contributed by atoms with E-state index in [0.29, 0.717) is 0 Å². The van der Waals surface area contributed by atoms with Crippen molar-refractivity contribution in [2.24, 2.45) is 0 Å². The molecule has 3 aromatic heterocycles. The highest BCUT2D eigenvalue weighted by molar-refractivity contribution is 6.28. The van der Waals surface area contributed by atoms with Crippen LogP contribution in [0.25, 0.3) is 28.0 Å². The predicted molar refractivity (Wildman–Crippen MR) is 93.2 cm³/mol. The number of fused-ring (bicyclic) bond motifs is 1. The molecule has 3 heterocycles. The first-order valence-electron chi connectivity index (χ1n) is 7.37. The molecule has 0 amide bonds. The van der Waals surface area contributed by atoms with Gasteiger partial charge in [0.15, 0.2) is 0 Å². The third kappa shape index (κ3) is 2.49. The van der Waals surface area contributed by atoms with E-state index in [0.717, 1.165) is 33.8 Å².